The second kappa shape index (κ2) is 10.5. The minimum absolute atomic E-state index is 0.336. The molecule has 7 nitrogen and oxygen atoms in total. The number of hydrogen-bond acceptors (Lipinski definition) is 7. The van der Waals surface area contributed by atoms with Gasteiger partial charge in [-0.05, 0) is 37.1 Å². The first kappa shape index (κ1) is 20.7. The van der Waals surface area contributed by atoms with Crippen LogP contribution in [0.25, 0.3) is 0 Å². The van der Waals surface area contributed by atoms with Gasteiger partial charge in [0.25, 0.3) is 5.91 Å². The van der Waals surface area contributed by atoms with E-state index in [9.17, 15) is 4.79 Å². The van der Waals surface area contributed by atoms with Crippen molar-refractivity contribution in [1.29, 1.82) is 0 Å². The van der Waals surface area contributed by atoms with Crippen LogP contribution in [0.2, 0.25) is 0 Å². The summed E-state index contributed by atoms with van der Waals surface area (Å²) in [6.07, 6.45) is 6.15. The minimum atomic E-state index is -0.336. The number of nitrogens with zero attached hydrogens (tertiary/aromatic N) is 2. The molecular formula is C19H26N4O3S. The number of ether oxygens (including phenoxy) is 2. The van der Waals surface area contributed by atoms with Crippen molar-refractivity contribution in [2.24, 2.45) is 5.10 Å². The normalized spacial score (nSPS) is 10.9. The second-order valence-corrected chi connectivity index (χ2v) is 7.02. The molecule has 2 aromatic rings. The van der Waals surface area contributed by atoms with Crippen molar-refractivity contribution < 1.29 is 14.3 Å². The van der Waals surface area contributed by atoms with Crippen molar-refractivity contribution in [2.75, 3.05) is 19.5 Å². The van der Waals surface area contributed by atoms with Gasteiger partial charge in [0.05, 0.1) is 25.6 Å². The summed E-state index contributed by atoms with van der Waals surface area (Å²) in [6, 6.07) is 5.51. The topological polar surface area (TPSA) is 98.8 Å². The Morgan fingerprint density at radius 3 is 2.81 bits per heavy atom. The van der Waals surface area contributed by atoms with Crippen molar-refractivity contribution in [3.05, 3.63) is 34.3 Å². The molecule has 0 aliphatic carbocycles. The number of unbranched alkanes of at least 4 members (excludes halogenated alkanes) is 3. The molecule has 0 aliphatic rings. The molecule has 1 heterocycles. The number of aromatic nitrogens is 1. The number of nitrogen functional groups attached to an aromatic ring is 1. The highest BCUT2D eigenvalue weighted by Gasteiger charge is 2.13. The van der Waals surface area contributed by atoms with Crippen molar-refractivity contribution in [3.63, 3.8) is 0 Å². The summed E-state index contributed by atoms with van der Waals surface area (Å²) < 4.78 is 11.2. The molecule has 1 amide bonds. The molecule has 0 fully saturated rings. The van der Waals surface area contributed by atoms with Gasteiger partial charge in [-0.2, -0.15) is 5.10 Å². The van der Waals surface area contributed by atoms with Crippen molar-refractivity contribution in [2.45, 2.75) is 39.5 Å². The molecule has 0 radical (unpaired) electrons. The number of aryl methyl sites for hydroxylation is 1. The fourth-order valence-electron chi connectivity index (χ4n) is 2.44. The highest BCUT2D eigenvalue weighted by atomic mass is 32.1. The van der Waals surface area contributed by atoms with Crippen LogP contribution in [0, 0.1) is 6.92 Å². The fourth-order valence-corrected chi connectivity index (χ4v) is 3.16. The predicted molar refractivity (Wildman–Crippen MR) is 109 cm³/mol. The van der Waals surface area contributed by atoms with Gasteiger partial charge in [-0.15, -0.1) is 0 Å². The molecule has 3 N–H and O–H groups in total. The standard InChI is InChI=1S/C19H26N4O3S/c1-4-5-6-7-10-26-15-9-8-14(11-16(15)25-3)12-21-23-18(24)17-13(2)22-19(20)27-17/h8-9,11-12H,4-7,10H2,1-3H3,(H2,20,22)(H,23,24)/b21-12-. The van der Waals surface area contributed by atoms with E-state index < -0.39 is 0 Å². The summed E-state index contributed by atoms with van der Waals surface area (Å²) in [6.45, 7) is 4.58. The minimum Gasteiger partial charge on any atom is -0.493 e. The second-order valence-electron chi connectivity index (χ2n) is 5.99. The first-order valence-electron chi connectivity index (χ1n) is 8.92. The number of amides is 1. The number of methoxy groups -OCH3 is 1. The highest BCUT2D eigenvalue weighted by molar-refractivity contribution is 7.17. The van der Waals surface area contributed by atoms with Crippen LogP contribution in [0.5, 0.6) is 11.5 Å². The number of hydrogen-bond donors (Lipinski definition) is 2. The fraction of sp³-hybridized carbons (Fsp3) is 0.421. The molecule has 0 atom stereocenters. The quantitative estimate of drug-likeness (QED) is 0.365. The van der Waals surface area contributed by atoms with E-state index in [0.717, 1.165) is 29.7 Å². The van der Waals surface area contributed by atoms with Crippen LogP contribution >= 0.6 is 11.3 Å². The molecule has 0 spiro atoms. The van der Waals surface area contributed by atoms with Gasteiger partial charge in [-0.3, -0.25) is 4.79 Å². The average molecular weight is 391 g/mol. The number of nitrogens with one attached hydrogen (secondary N) is 1. The molecular weight excluding hydrogens is 364 g/mol. The largest absolute Gasteiger partial charge is 0.493 e. The van der Waals surface area contributed by atoms with E-state index in [-0.39, 0.29) is 5.91 Å². The summed E-state index contributed by atoms with van der Waals surface area (Å²) in [4.78, 5) is 16.6. The summed E-state index contributed by atoms with van der Waals surface area (Å²) in [7, 11) is 1.60. The van der Waals surface area contributed by atoms with Gasteiger partial charge in [-0.25, -0.2) is 10.4 Å². The molecule has 0 saturated carbocycles. The zero-order valence-corrected chi connectivity index (χ0v) is 16.8. The molecule has 2 rings (SSSR count). The number of hydrazone groups is 1. The third-order valence-corrected chi connectivity index (χ3v) is 4.83. The molecule has 27 heavy (non-hydrogen) atoms. The first-order chi connectivity index (χ1) is 13.0. The number of thiazole rings is 1. The van der Waals surface area contributed by atoms with E-state index in [4.69, 9.17) is 15.2 Å². The van der Waals surface area contributed by atoms with Gasteiger partial charge in [-0.1, -0.05) is 37.5 Å². The Kier molecular flexibility index (Phi) is 8.06. The van der Waals surface area contributed by atoms with Gasteiger partial charge in [0.15, 0.2) is 16.6 Å². The smallest absolute Gasteiger partial charge is 0.283 e. The summed E-state index contributed by atoms with van der Waals surface area (Å²) in [5.41, 5.74) is 9.46. The Morgan fingerprint density at radius 2 is 2.15 bits per heavy atom. The molecule has 0 bridgehead atoms. The lowest BCUT2D eigenvalue weighted by molar-refractivity contribution is 0.0958. The monoisotopic (exact) mass is 390 g/mol. The molecule has 0 saturated heterocycles. The van der Waals surface area contributed by atoms with Gasteiger partial charge in [0.1, 0.15) is 4.88 Å². The number of rotatable bonds is 10. The Labute approximate surface area is 163 Å². The van der Waals surface area contributed by atoms with Crippen molar-refractivity contribution in [3.8, 4) is 11.5 Å². The third kappa shape index (κ3) is 6.25. The Morgan fingerprint density at radius 1 is 1.33 bits per heavy atom. The number of anilines is 1. The van der Waals surface area contributed by atoms with Crippen molar-refractivity contribution in [1.82, 2.24) is 10.4 Å². The zero-order chi connectivity index (χ0) is 19.6. The van der Waals surface area contributed by atoms with E-state index in [1.54, 1.807) is 20.2 Å². The van der Waals surface area contributed by atoms with E-state index in [0.29, 0.717) is 33.8 Å². The molecule has 1 aromatic carbocycles. The zero-order valence-electron chi connectivity index (χ0n) is 15.9. The SMILES string of the molecule is CCCCCCOc1ccc(/C=N\NC(=O)c2sc(N)nc2C)cc1OC. The summed E-state index contributed by atoms with van der Waals surface area (Å²) >= 11 is 1.13. The van der Waals surface area contributed by atoms with E-state index in [1.165, 1.54) is 12.8 Å². The van der Waals surface area contributed by atoms with Crippen LogP contribution in [0.3, 0.4) is 0 Å². The maximum atomic E-state index is 12.1. The maximum Gasteiger partial charge on any atom is 0.283 e. The summed E-state index contributed by atoms with van der Waals surface area (Å²) in [5, 5.41) is 4.34. The third-order valence-electron chi connectivity index (χ3n) is 3.84. The average Bonchev–Trinajstić information content (AvgIpc) is 3.00. The first-order valence-corrected chi connectivity index (χ1v) is 9.74. The van der Waals surface area contributed by atoms with Crippen LogP contribution in [0.15, 0.2) is 23.3 Å². The molecule has 8 heteroatoms. The van der Waals surface area contributed by atoms with Gasteiger partial charge in [0, 0.05) is 0 Å². The highest BCUT2D eigenvalue weighted by Crippen LogP contribution is 2.27. The molecule has 146 valence electrons. The van der Waals surface area contributed by atoms with Crippen LogP contribution in [0.4, 0.5) is 5.13 Å². The predicted octanol–water partition coefficient (Wildman–Crippen LogP) is 3.77. The van der Waals surface area contributed by atoms with Crippen molar-refractivity contribution >= 4 is 28.6 Å². The Hall–Kier alpha value is -2.61. The molecule has 0 aliphatic heterocycles. The lowest BCUT2D eigenvalue weighted by Crippen LogP contribution is -2.17. The van der Waals surface area contributed by atoms with Crippen LogP contribution < -0.4 is 20.6 Å². The lowest BCUT2D eigenvalue weighted by atomic mass is 10.2. The summed E-state index contributed by atoms with van der Waals surface area (Å²) in [5.74, 6) is 0.995. The van der Waals surface area contributed by atoms with Gasteiger partial charge < -0.3 is 15.2 Å². The van der Waals surface area contributed by atoms with E-state index in [2.05, 4.69) is 22.4 Å². The molecule has 0 unspecified atom stereocenters. The maximum absolute atomic E-state index is 12.1. The number of benzene rings is 1. The van der Waals surface area contributed by atoms with Crippen LogP contribution in [-0.4, -0.2) is 30.8 Å². The van der Waals surface area contributed by atoms with Crippen LogP contribution in [-0.2, 0) is 0 Å². The molecule has 1 aromatic heterocycles. The van der Waals surface area contributed by atoms with Gasteiger partial charge >= 0.3 is 0 Å². The number of carbonyl (C=O) groups excluding carboxylic acids is 1. The Bertz CT molecular complexity index is 789. The Balaban J connectivity index is 1.93. The van der Waals surface area contributed by atoms with E-state index >= 15 is 0 Å². The van der Waals surface area contributed by atoms with Crippen LogP contribution in [0.1, 0.15) is 53.5 Å². The van der Waals surface area contributed by atoms with Gasteiger partial charge in [0.2, 0.25) is 0 Å². The van der Waals surface area contributed by atoms with E-state index in [1.807, 2.05) is 18.2 Å². The lowest BCUT2D eigenvalue weighted by Gasteiger charge is -2.11. The number of nitrogens with two attached hydrogens (primary N) is 1. The number of carbonyl (C=O) groups is 1.